The Hall–Kier alpha value is -3.34. The van der Waals surface area contributed by atoms with E-state index < -0.39 is 0 Å². The van der Waals surface area contributed by atoms with Crippen molar-refractivity contribution < 1.29 is 9.53 Å². The summed E-state index contributed by atoms with van der Waals surface area (Å²) in [5, 5.41) is 8.21. The van der Waals surface area contributed by atoms with E-state index in [4.69, 9.17) is 4.74 Å². The third-order valence-electron chi connectivity index (χ3n) is 6.00. The van der Waals surface area contributed by atoms with Crippen LogP contribution in [0.3, 0.4) is 0 Å². The van der Waals surface area contributed by atoms with Crippen molar-refractivity contribution in [1.82, 2.24) is 29.6 Å². The van der Waals surface area contributed by atoms with E-state index >= 15 is 0 Å². The molecule has 3 aromatic heterocycles. The van der Waals surface area contributed by atoms with Crippen LogP contribution in [0.1, 0.15) is 46.4 Å². The van der Waals surface area contributed by atoms with Crippen LogP contribution in [-0.4, -0.2) is 61.3 Å². The maximum atomic E-state index is 13.3. The summed E-state index contributed by atoms with van der Waals surface area (Å²) in [6.07, 6.45) is 3.08. The lowest BCUT2D eigenvalue weighted by atomic mass is 10.0. The molecule has 180 valence electrons. The molecule has 1 amide bonds. The van der Waals surface area contributed by atoms with Gasteiger partial charge in [-0.3, -0.25) is 9.59 Å². The van der Waals surface area contributed by atoms with Crippen molar-refractivity contribution in [1.29, 1.82) is 0 Å². The first-order valence-corrected chi connectivity index (χ1v) is 12.1. The number of aromatic nitrogens is 5. The van der Waals surface area contributed by atoms with Crippen LogP contribution in [0, 0.1) is 20.8 Å². The van der Waals surface area contributed by atoms with Gasteiger partial charge in [0.25, 0.3) is 11.5 Å². The highest BCUT2D eigenvalue weighted by Gasteiger charge is 2.28. The van der Waals surface area contributed by atoms with Gasteiger partial charge < -0.3 is 15.0 Å². The lowest BCUT2D eigenvalue weighted by Crippen LogP contribution is -2.42. The summed E-state index contributed by atoms with van der Waals surface area (Å²) in [4.78, 5) is 41.4. The quantitative estimate of drug-likeness (QED) is 0.569. The number of ether oxygens (including phenoxy) is 1. The predicted octanol–water partition coefficient (Wildman–Crippen LogP) is 2.73. The fraction of sp³-hybridized carbons (Fsp3) is 0.478. The number of carbonyl (C=O) groups is 1. The van der Waals surface area contributed by atoms with Crippen LogP contribution in [0.2, 0.25) is 0 Å². The van der Waals surface area contributed by atoms with Gasteiger partial charge in [-0.1, -0.05) is 0 Å². The molecule has 0 aromatic carbocycles. The molecule has 10 nitrogen and oxygen atoms in total. The molecule has 0 unspecified atom stereocenters. The van der Waals surface area contributed by atoms with E-state index in [2.05, 4.69) is 25.4 Å². The second-order valence-corrected chi connectivity index (χ2v) is 9.33. The SMILES string of the molecule is CCOc1cc(NC2CCN(C(=O)c3sc(-c4c(C)c(C)nn(C)c4=O)nc3C)CC2)ncn1. The van der Waals surface area contributed by atoms with Crippen LogP contribution in [0.5, 0.6) is 5.88 Å². The predicted molar refractivity (Wildman–Crippen MR) is 131 cm³/mol. The van der Waals surface area contributed by atoms with E-state index in [-0.39, 0.29) is 17.5 Å². The maximum absolute atomic E-state index is 13.3. The molecule has 1 aliphatic heterocycles. The monoisotopic (exact) mass is 483 g/mol. The van der Waals surface area contributed by atoms with Gasteiger partial charge in [-0.25, -0.2) is 19.6 Å². The number of nitrogens with zero attached hydrogens (tertiary/aromatic N) is 6. The van der Waals surface area contributed by atoms with Crippen LogP contribution in [0.15, 0.2) is 17.2 Å². The van der Waals surface area contributed by atoms with Crippen molar-refractivity contribution in [3.8, 4) is 16.5 Å². The Balaban J connectivity index is 1.45. The Kier molecular flexibility index (Phi) is 6.92. The zero-order valence-electron chi connectivity index (χ0n) is 20.1. The summed E-state index contributed by atoms with van der Waals surface area (Å²) in [5.41, 5.74) is 2.51. The summed E-state index contributed by atoms with van der Waals surface area (Å²) < 4.78 is 6.75. The van der Waals surface area contributed by atoms with Crippen molar-refractivity contribution >= 4 is 23.1 Å². The van der Waals surface area contributed by atoms with Crippen LogP contribution in [0.25, 0.3) is 10.6 Å². The van der Waals surface area contributed by atoms with Crippen LogP contribution in [-0.2, 0) is 7.05 Å². The fourth-order valence-corrected chi connectivity index (χ4v) is 5.16. The van der Waals surface area contributed by atoms with Crippen LogP contribution >= 0.6 is 11.3 Å². The number of aryl methyl sites for hydroxylation is 3. The Bertz CT molecular complexity index is 1260. The fourth-order valence-electron chi connectivity index (χ4n) is 4.03. The van der Waals surface area contributed by atoms with Crippen molar-refractivity contribution in [2.24, 2.45) is 7.05 Å². The summed E-state index contributed by atoms with van der Waals surface area (Å²) in [5.74, 6) is 1.22. The molecule has 4 heterocycles. The van der Waals surface area contributed by atoms with Gasteiger partial charge >= 0.3 is 0 Å². The Morgan fingerprint density at radius 3 is 2.65 bits per heavy atom. The van der Waals surface area contributed by atoms with Gasteiger partial charge in [0.2, 0.25) is 5.88 Å². The zero-order valence-corrected chi connectivity index (χ0v) is 20.9. The molecule has 11 heteroatoms. The van der Waals surface area contributed by atoms with Gasteiger partial charge in [0, 0.05) is 32.2 Å². The molecule has 34 heavy (non-hydrogen) atoms. The first-order valence-electron chi connectivity index (χ1n) is 11.3. The highest BCUT2D eigenvalue weighted by Crippen LogP contribution is 2.30. The van der Waals surface area contributed by atoms with Gasteiger partial charge in [0.05, 0.1) is 23.6 Å². The molecule has 0 saturated carbocycles. The third-order valence-corrected chi connectivity index (χ3v) is 7.16. The molecule has 1 N–H and O–H groups in total. The molecule has 1 aliphatic rings. The molecule has 3 aromatic rings. The number of nitrogens with one attached hydrogen (secondary N) is 1. The molecule has 0 spiro atoms. The van der Waals surface area contributed by atoms with E-state index in [1.807, 2.05) is 32.6 Å². The van der Waals surface area contributed by atoms with Crippen molar-refractivity contribution in [2.75, 3.05) is 25.0 Å². The van der Waals surface area contributed by atoms with Crippen LogP contribution in [0.4, 0.5) is 5.82 Å². The summed E-state index contributed by atoms with van der Waals surface area (Å²) in [7, 11) is 1.63. The molecule has 1 fully saturated rings. The molecular weight excluding hydrogens is 454 g/mol. The summed E-state index contributed by atoms with van der Waals surface area (Å²) >= 11 is 1.28. The van der Waals surface area contributed by atoms with Gasteiger partial charge in [-0.15, -0.1) is 11.3 Å². The Morgan fingerprint density at radius 2 is 1.94 bits per heavy atom. The standard InChI is InChI=1S/C23H29N7O3S/c1-6-33-18-11-17(24-12-25-18)27-16-7-9-30(10-8-16)23(32)20-15(4)26-21(34-20)19-13(2)14(3)28-29(5)22(19)31/h11-12,16H,6-10H2,1-5H3,(H,24,25,27). The zero-order chi connectivity index (χ0) is 24.4. The smallest absolute Gasteiger partial charge is 0.277 e. The van der Waals surface area contributed by atoms with E-state index in [1.54, 1.807) is 13.1 Å². The second kappa shape index (κ2) is 9.88. The van der Waals surface area contributed by atoms with Gasteiger partial charge in [-0.2, -0.15) is 5.10 Å². The van der Waals surface area contributed by atoms with Gasteiger partial charge in [0.1, 0.15) is 22.0 Å². The Morgan fingerprint density at radius 1 is 1.21 bits per heavy atom. The largest absolute Gasteiger partial charge is 0.478 e. The molecule has 0 aliphatic carbocycles. The first kappa shape index (κ1) is 23.8. The highest BCUT2D eigenvalue weighted by molar-refractivity contribution is 7.17. The van der Waals surface area contributed by atoms with E-state index in [0.717, 1.165) is 29.9 Å². The minimum absolute atomic E-state index is 0.0411. The average molecular weight is 484 g/mol. The average Bonchev–Trinajstić information content (AvgIpc) is 3.19. The summed E-state index contributed by atoms with van der Waals surface area (Å²) in [6.45, 7) is 9.26. The lowest BCUT2D eigenvalue weighted by molar-refractivity contribution is 0.0722. The van der Waals surface area contributed by atoms with Gasteiger partial charge in [-0.05, 0) is 46.1 Å². The number of anilines is 1. The molecule has 0 radical (unpaired) electrons. The molecule has 1 saturated heterocycles. The summed E-state index contributed by atoms with van der Waals surface area (Å²) in [6, 6.07) is 1.99. The second-order valence-electron chi connectivity index (χ2n) is 8.33. The van der Waals surface area contributed by atoms with Crippen molar-refractivity contribution in [3.63, 3.8) is 0 Å². The number of piperidine rings is 1. The highest BCUT2D eigenvalue weighted by atomic mass is 32.1. The lowest BCUT2D eigenvalue weighted by Gasteiger charge is -2.32. The van der Waals surface area contributed by atoms with E-state index in [1.165, 1.54) is 22.3 Å². The number of rotatable bonds is 6. The number of carbonyl (C=O) groups excluding carboxylic acids is 1. The normalized spacial score (nSPS) is 14.3. The van der Waals surface area contributed by atoms with E-state index in [0.29, 0.717) is 46.7 Å². The molecular formula is C23H29N7O3S. The van der Waals surface area contributed by atoms with Crippen LogP contribution < -0.4 is 15.6 Å². The maximum Gasteiger partial charge on any atom is 0.277 e. The van der Waals surface area contributed by atoms with E-state index in [9.17, 15) is 9.59 Å². The minimum atomic E-state index is -0.208. The van der Waals surface area contributed by atoms with Crippen molar-refractivity contribution in [2.45, 2.75) is 46.6 Å². The minimum Gasteiger partial charge on any atom is -0.478 e. The number of hydrogen-bond acceptors (Lipinski definition) is 9. The number of likely N-dealkylation sites (tertiary alicyclic amines) is 1. The third kappa shape index (κ3) is 4.79. The van der Waals surface area contributed by atoms with Gasteiger partial charge in [0.15, 0.2) is 0 Å². The number of hydrogen-bond donors (Lipinski definition) is 1. The number of thiazole rings is 1. The van der Waals surface area contributed by atoms with Crippen molar-refractivity contribution in [3.05, 3.63) is 44.6 Å². The Labute approximate surface area is 202 Å². The molecule has 0 bridgehead atoms. The molecule has 0 atom stereocenters. The molecule has 4 rings (SSSR count). The topological polar surface area (TPSA) is 115 Å². The first-order chi connectivity index (χ1) is 16.3. The number of amides is 1.